The topological polar surface area (TPSA) is 27.7 Å². The number of hydrogen-bond donors (Lipinski definition) is 0. The Morgan fingerprint density at radius 2 is 1.70 bits per heavy atom. The monoisotopic (exact) mass is 146 g/mol. The van der Waals surface area contributed by atoms with Gasteiger partial charge in [-0.15, -0.1) is 0 Å². The Morgan fingerprint density at radius 3 is 2.00 bits per heavy atom. The van der Waals surface area contributed by atoms with Gasteiger partial charge in [0.25, 0.3) is 0 Å². The van der Waals surface area contributed by atoms with Crippen LogP contribution in [0.5, 0.6) is 0 Å². The molecule has 0 aromatic carbocycles. The van der Waals surface area contributed by atoms with E-state index in [0.29, 0.717) is 0 Å². The molecule has 0 saturated heterocycles. The average Bonchev–Trinajstić information content (AvgIpc) is 1.99. The number of ether oxygens (including phenoxy) is 3. The number of rotatable bonds is 4. The summed E-state index contributed by atoms with van der Waals surface area (Å²) in [6, 6.07) is 0. The molecule has 0 atom stereocenters. The van der Waals surface area contributed by atoms with Crippen LogP contribution < -0.4 is 0 Å². The second-order valence-corrected chi connectivity index (χ2v) is 1.82. The van der Waals surface area contributed by atoms with E-state index in [1.807, 2.05) is 6.92 Å². The Morgan fingerprint density at radius 1 is 1.20 bits per heavy atom. The minimum absolute atomic E-state index is 0.306. The van der Waals surface area contributed by atoms with Gasteiger partial charge >= 0.3 is 0 Å². The number of hydrogen-bond acceptors (Lipinski definition) is 3. The lowest BCUT2D eigenvalue weighted by Crippen LogP contribution is -2.09. The van der Waals surface area contributed by atoms with E-state index in [9.17, 15) is 0 Å². The molecule has 0 bridgehead atoms. The highest BCUT2D eigenvalue weighted by Crippen LogP contribution is 1.99. The van der Waals surface area contributed by atoms with E-state index < -0.39 is 0 Å². The van der Waals surface area contributed by atoms with Crippen molar-refractivity contribution in [2.24, 2.45) is 0 Å². The fourth-order valence-electron chi connectivity index (χ4n) is 0.492. The Hall–Kier alpha value is -0.540. The predicted octanol–water partition coefficient (Wildman–Crippen LogP) is 1.16. The van der Waals surface area contributed by atoms with Crippen LogP contribution in [0.4, 0.5) is 0 Å². The fourth-order valence-corrected chi connectivity index (χ4v) is 0.492. The summed E-state index contributed by atoms with van der Waals surface area (Å²) in [4.78, 5) is 0. The van der Waals surface area contributed by atoms with E-state index in [2.05, 4.69) is 0 Å². The SMILES string of the molecule is COC(C)=CC(OC)OC. The zero-order valence-corrected chi connectivity index (χ0v) is 6.88. The second-order valence-electron chi connectivity index (χ2n) is 1.82. The quantitative estimate of drug-likeness (QED) is 0.440. The van der Waals surface area contributed by atoms with Crippen LogP contribution in [0.15, 0.2) is 11.8 Å². The first-order chi connectivity index (χ1) is 4.74. The maximum Gasteiger partial charge on any atom is 0.179 e. The third kappa shape index (κ3) is 3.48. The van der Waals surface area contributed by atoms with Crippen molar-refractivity contribution in [2.75, 3.05) is 21.3 Å². The van der Waals surface area contributed by atoms with Crippen LogP contribution in [0.1, 0.15) is 6.92 Å². The molecule has 0 unspecified atom stereocenters. The molecule has 3 nitrogen and oxygen atoms in total. The van der Waals surface area contributed by atoms with Gasteiger partial charge in [0, 0.05) is 20.3 Å². The molecule has 0 amide bonds. The summed E-state index contributed by atoms with van der Waals surface area (Å²) in [5.41, 5.74) is 0. The largest absolute Gasteiger partial charge is 0.502 e. The Labute approximate surface area is 61.6 Å². The van der Waals surface area contributed by atoms with Crippen LogP contribution in [0.3, 0.4) is 0 Å². The molecule has 0 heterocycles. The lowest BCUT2D eigenvalue weighted by molar-refractivity contribution is -0.0685. The van der Waals surface area contributed by atoms with Crippen LogP contribution in [0, 0.1) is 0 Å². The highest BCUT2D eigenvalue weighted by atomic mass is 16.7. The summed E-state index contributed by atoms with van der Waals surface area (Å²) >= 11 is 0. The standard InChI is InChI=1S/C7H14O3/c1-6(8-2)5-7(9-3)10-4/h5,7H,1-4H3. The molecule has 3 heteroatoms. The molecule has 0 N–H and O–H groups in total. The first-order valence-electron chi connectivity index (χ1n) is 3.02. The molecular weight excluding hydrogens is 132 g/mol. The van der Waals surface area contributed by atoms with Crippen molar-refractivity contribution in [3.63, 3.8) is 0 Å². The van der Waals surface area contributed by atoms with E-state index >= 15 is 0 Å². The molecule has 0 spiro atoms. The first kappa shape index (κ1) is 9.46. The smallest absolute Gasteiger partial charge is 0.179 e. The summed E-state index contributed by atoms with van der Waals surface area (Å²) in [6.45, 7) is 1.84. The summed E-state index contributed by atoms with van der Waals surface area (Å²) in [5.74, 6) is 0.786. The van der Waals surface area contributed by atoms with Gasteiger partial charge in [-0.3, -0.25) is 0 Å². The van der Waals surface area contributed by atoms with Crippen molar-refractivity contribution >= 4 is 0 Å². The number of methoxy groups -OCH3 is 3. The van der Waals surface area contributed by atoms with Crippen LogP contribution in [-0.2, 0) is 14.2 Å². The maximum absolute atomic E-state index is 4.89. The zero-order chi connectivity index (χ0) is 7.98. The molecule has 0 fully saturated rings. The Balaban J connectivity index is 3.80. The minimum atomic E-state index is -0.306. The van der Waals surface area contributed by atoms with Crippen molar-refractivity contribution in [2.45, 2.75) is 13.2 Å². The van der Waals surface area contributed by atoms with Gasteiger partial charge in [-0.1, -0.05) is 0 Å². The maximum atomic E-state index is 4.89. The molecule has 10 heavy (non-hydrogen) atoms. The summed E-state index contributed by atoms with van der Waals surface area (Å²) in [6.07, 6.45) is 1.44. The minimum Gasteiger partial charge on any atom is -0.502 e. The molecule has 0 aromatic rings. The highest BCUT2D eigenvalue weighted by Gasteiger charge is 1.99. The molecule has 0 aliphatic carbocycles. The van der Waals surface area contributed by atoms with Crippen molar-refractivity contribution in [1.82, 2.24) is 0 Å². The van der Waals surface area contributed by atoms with Crippen molar-refractivity contribution in [1.29, 1.82) is 0 Å². The fraction of sp³-hybridized carbons (Fsp3) is 0.714. The molecule has 0 aromatic heterocycles. The van der Waals surface area contributed by atoms with Crippen LogP contribution in [0.2, 0.25) is 0 Å². The second kappa shape index (κ2) is 5.26. The van der Waals surface area contributed by atoms with Crippen LogP contribution >= 0.6 is 0 Å². The molecular formula is C7H14O3. The van der Waals surface area contributed by atoms with Gasteiger partial charge in [0.2, 0.25) is 0 Å². The molecule has 0 saturated carbocycles. The van der Waals surface area contributed by atoms with E-state index in [-0.39, 0.29) is 6.29 Å². The highest BCUT2D eigenvalue weighted by molar-refractivity contribution is 4.90. The van der Waals surface area contributed by atoms with Crippen molar-refractivity contribution < 1.29 is 14.2 Å². The normalized spacial score (nSPS) is 12.3. The summed E-state index contributed by atoms with van der Waals surface area (Å²) in [7, 11) is 4.76. The first-order valence-corrected chi connectivity index (χ1v) is 3.02. The lowest BCUT2D eigenvalue weighted by Gasteiger charge is -2.08. The van der Waals surface area contributed by atoms with Crippen molar-refractivity contribution in [3.05, 3.63) is 11.8 Å². The molecule has 60 valence electrons. The third-order valence-corrected chi connectivity index (χ3v) is 1.16. The Kier molecular flexibility index (Phi) is 4.98. The van der Waals surface area contributed by atoms with Crippen molar-refractivity contribution in [3.8, 4) is 0 Å². The van der Waals surface area contributed by atoms with Gasteiger partial charge in [0.05, 0.1) is 12.9 Å². The molecule has 0 aliphatic rings. The average molecular weight is 146 g/mol. The van der Waals surface area contributed by atoms with Crippen LogP contribution in [-0.4, -0.2) is 27.6 Å². The molecule has 0 radical (unpaired) electrons. The van der Waals surface area contributed by atoms with Gasteiger partial charge < -0.3 is 14.2 Å². The Bertz CT molecular complexity index is 105. The zero-order valence-electron chi connectivity index (χ0n) is 6.88. The van der Waals surface area contributed by atoms with E-state index in [0.717, 1.165) is 5.76 Å². The van der Waals surface area contributed by atoms with Crippen LogP contribution in [0.25, 0.3) is 0 Å². The van der Waals surface area contributed by atoms with Gasteiger partial charge in [0.15, 0.2) is 6.29 Å². The molecule has 0 aliphatic heterocycles. The number of allylic oxidation sites excluding steroid dienone is 1. The van der Waals surface area contributed by atoms with E-state index in [1.165, 1.54) is 0 Å². The van der Waals surface area contributed by atoms with Gasteiger partial charge in [0.1, 0.15) is 0 Å². The molecule has 0 rings (SSSR count). The predicted molar refractivity (Wildman–Crippen MR) is 38.6 cm³/mol. The van der Waals surface area contributed by atoms with E-state index in [4.69, 9.17) is 14.2 Å². The third-order valence-electron chi connectivity index (χ3n) is 1.16. The van der Waals surface area contributed by atoms with Gasteiger partial charge in [-0.25, -0.2) is 0 Å². The van der Waals surface area contributed by atoms with Gasteiger partial charge in [-0.2, -0.15) is 0 Å². The van der Waals surface area contributed by atoms with Gasteiger partial charge in [-0.05, 0) is 6.92 Å². The van der Waals surface area contributed by atoms with E-state index in [1.54, 1.807) is 27.4 Å². The lowest BCUT2D eigenvalue weighted by atomic mass is 10.4. The summed E-state index contributed by atoms with van der Waals surface area (Å²) in [5, 5.41) is 0. The summed E-state index contributed by atoms with van der Waals surface area (Å²) < 4.78 is 14.7.